The van der Waals surface area contributed by atoms with Gasteiger partial charge in [0.15, 0.2) is 17.1 Å². The van der Waals surface area contributed by atoms with Gasteiger partial charge in [0.05, 0.1) is 0 Å². The topological polar surface area (TPSA) is 75.6 Å². The Kier molecular flexibility index (Phi) is 3.49. The molecule has 0 atom stereocenters. The van der Waals surface area contributed by atoms with Crippen LogP contribution in [0.25, 0.3) is 11.0 Å². The first-order valence-corrected chi connectivity index (χ1v) is 5.10. The van der Waals surface area contributed by atoms with Crippen molar-refractivity contribution < 1.29 is 14.7 Å². The Morgan fingerprint density at radius 1 is 1.38 bits per heavy atom. The quantitative estimate of drug-likeness (QED) is 0.698. The third kappa shape index (κ3) is 1.74. The van der Waals surface area contributed by atoms with Crippen LogP contribution in [0.1, 0.15) is 13.8 Å². The number of aryl methyl sites for hydroxylation is 1. The van der Waals surface area contributed by atoms with Gasteiger partial charge in [-0.05, 0) is 0 Å². The molecule has 0 aliphatic rings. The maximum atomic E-state index is 11.4. The van der Waals surface area contributed by atoms with Crippen LogP contribution in [0, 0.1) is 0 Å². The van der Waals surface area contributed by atoms with Gasteiger partial charge >= 0.3 is 0 Å². The van der Waals surface area contributed by atoms with E-state index >= 15 is 0 Å². The third-order valence-electron chi connectivity index (χ3n) is 1.92. The number of halogens is 1. The maximum Gasteiger partial charge on any atom is 0.291 e. The molecule has 0 radical (unpaired) electrons. The maximum absolute atomic E-state index is 11.4. The Labute approximate surface area is 96.4 Å². The lowest BCUT2D eigenvalue weighted by atomic mass is 10.2. The highest BCUT2D eigenvalue weighted by Gasteiger charge is 2.17. The van der Waals surface area contributed by atoms with Gasteiger partial charge in [-0.3, -0.25) is 4.79 Å². The number of phenolic OH excluding ortho intramolecular Hbond substituents is 2. The molecule has 0 bridgehead atoms. The lowest BCUT2D eigenvalue weighted by Gasteiger charge is -1.98. The highest BCUT2D eigenvalue weighted by molar-refractivity contribution is 6.37. The number of benzene rings is 1. The van der Waals surface area contributed by atoms with Gasteiger partial charge in [0.2, 0.25) is 0 Å². The summed E-state index contributed by atoms with van der Waals surface area (Å²) in [4.78, 5) is 11.4. The van der Waals surface area contributed by atoms with Crippen molar-refractivity contribution in [3.63, 3.8) is 0 Å². The molecule has 1 aromatic carbocycles. The second kappa shape index (κ2) is 4.49. The molecule has 5 nitrogen and oxygen atoms in total. The summed E-state index contributed by atoms with van der Waals surface area (Å²) < 4.78 is 5.93. The second-order valence-corrected chi connectivity index (χ2v) is 3.20. The van der Waals surface area contributed by atoms with Crippen molar-refractivity contribution in [2.24, 2.45) is 7.05 Å². The largest absolute Gasteiger partial charge is 0.504 e. The van der Waals surface area contributed by atoms with Gasteiger partial charge in [0.25, 0.3) is 5.56 Å². The molecule has 88 valence electrons. The molecule has 0 unspecified atom stereocenters. The first-order valence-electron chi connectivity index (χ1n) is 4.73. The van der Waals surface area contributed by atoms with Gasteiger partial charge in [-0.2, -0.15) is 4.74 Å². The second-order valence-electron chi connectivity index (χ2n) is 2.83. The van der Waals surface area contributed by atoms with Gasteiger partial charge in [-0.1, -0.05) is 25.4 Å². The fourth-order valence-electron chi connectivity index (χ4n) is 1.22. The van der Waals surface area contributed by atoms with Crippen LogP contribution in [-0.4, -0.2) is 15.0 Å². The summed E-state index contributed by atoms with van der Waals surface area (Å²) in [5.74, 6) is -0.936. The van der Waals surface area contributed by atoms with E-state index in [1.54, 1.807) is 0 Å². The molecule has 0 saturated heterocycles. The van der Waals surface area contributed by atoms with E-state index < -0.39 is 17.1 Å². The number of hydrogen-bond donors (Lipinski definition) is 2. The standard InChI is InChI=1S/C8H6ClNO4.C2H6/c1-10-8(13)5-4(14-10)2-3(11)7(12)6(5)9;1-2/h2,11-12H,1H3;1-2H3. The molecular weight excluding hydrogens is 234 g/mol. The Morgan fingerprint density at radius 3 is 2.50 bits per heavy atom. The van der Waals surface area contributed by atoms with Crippen molar-refractivity contribution in [1.82, 2.24) is 4.74 Å². The molecule has 0 aliphatic heterocycles. The van der Waals surface area contributed by atoms with E-state index in [0.29, 0.717) is 0 Å². The number of phenols is 2. The lowest BCUT2D eigenvalue weighted by molar-refractivity contribution is 0.323. The van der Waals surface area contributed by atoms with Crippen molar-refractivity contribution in [3.05, 3.63) is 21.4 Å². The lowest BCUT2D eigenvalue weighted by Crippen LogP contribution is -2.09. The summed E-state index contributed by atoms with van der Waals surface area (Å²) in [7, 11) is 1.41. The van der Waals surface area contributed by atoms with Gasteiger partial charge < -0.3 is 14.7 Å². The highest BCUT2D eigenvalue weighted by atomic mass is 35.5. The van der Waals surface area contributed by atoms with Crippen LogP contribution in [-0.2, 0) is 7.05 Å². The molecule has 6 heteroatoms. The normalized spacial score (nSPS) is 10.0. The predicted octanol–water partition coefficient (Wildman–Crippen LogP) is 2.22. The molecule has 2 aromatic rings. The molecular formula is C10H12ClNO4. The van der Waals surface area contributed by atoms with Crippen LogP contribution in [0.4, 0.5) is 0 Å². The minimum absolute atomic E-state index is 0.0597. The van der Waals surface area contributed by atoms with Crippen LogP contribution in [0.3, 0.4) is 0 Å². The molecule has 2 N–H and O–H groups in total. The van der Waals surface area contributed by atoms with Crippen LogP contribution in [0.15, 0.2) is 15.4 Å². The van der Waals surface area contributed by atoms with Crippen molar-refractivity contribution >= 4 is 22.6 Å². The molecule has 0 spiro atoms. The number of rotatable bonds is 0. The zero-order valence-electron chi connectivity index (χ0n) is 9.11. The first kappa shape index (κ1) is 12.4. The Balaban J connectivity index is 0.000000606. The van der Waals surface area contributed by atoms with E-state index in [4.69, 9.17) is 16.1 Å². The van der Waals surface area contributed by atoms with Crippen LogP contribution >= 0.6 is 11.6 Å². The molecule has 0 saturated carbocycles. The Bertz CT molecular complexity index is 570. The van der Waals surface area contributed by atoms with E-state index in [1.807, 2.05) is 13.8 Å². The molecule has 1 heterocycles. The van der Waals surface area contributed by atoms with E-state index in [9.17, 15) is 15.0 Å². The Hall–Kier alpha value is -1.62. The number of aromatic nitrogens is 1. The van der Waals surface area contributed by atoms with Crippen molar-refractivity contribution in [2.45, 2.75) is 13.8 Å². The molecule has 0 fully saturated rings. The summed E-state index contributed by atoms with van der Waals surface area (Å²) in [6.45, 7) is 4.00. The summed E-state index contributed by atoms with van der Waals surface area (Å²) in [6.07, 6.45) is 0. The van der Waals surface area contributed by atoms with Gasteiger partial charge in [0.1, 0.15) is 10.4 Å². The fraction of sp³-hybridized carbons (Fsp3) is 0.300. The number of aromatic hydroxyl groups is 2. The SMILES string of the molecule is CC.Cn1oc2cc(O)c(O)c(Cl)c2c1=O. The average Bonchev–Trinajstić information content (AvgIpc) is 2.54. The summed E-state index contributed by atoms with van der Waals surface area (Å²) in [5.41, 5.74) is -0.321. The molecule has 1 aromatic heterocycles. The van der Waals surface area contributed by atoms with Gasteiger partial charge in [-0.15, -0.1) is 0 Å². The fourth-order valence-corrected chi connectivity index (χ4v) is 1.49. The van der Waals surface area contributed by atoms with Gasteiger partial charge in [-0.25, -0.2) is 0 Å². The summed E-state index contributed by atoms with van der Waals surface area (Å²) in [6, 6.07) is 1.14. The number of nitrogens with zero attached hydrogens (tertiary/aromatic N) is 1. The minimum Gasteiger partial charge on any atom is -0.504 e. The zero-order chi connectivity index (χ0) is 12.5. The summed E-state index contributed by atoms with van der Waals surface area (Å²) >= 11 is 5.67. The van der Waals surface area contributed by atoms with Crippen molar-refractivity contribution in [3.8, 4) is 11.5 Å². The number of fused-ring (bicyclic) bond motifs is 1. The van der Waals surface area contributed by atoms with Crippen LogP contribution < -0.4 is 5.56 Å². The predicted molar refractivity (Wildman–Crippen MR) is 61.1 cm³/mol. The highest BCUT2D eigenvalue weighted by Crippen LogP contribution is 2.37. The molecule has 0 aliphatic carbocycles. The van der Waals surface area contributed by atoms with Crippen LogP contribution in [0.5, 0.6) is 11.5 Å². The van der Waals surface area contributed by atoms with Crippen molar-refractivity contribution in [2.75, 3.05) is 0 Å². The molecule has 16 heavy (non-hydrogen) atoms. The van der Waals surface area contributed by atoms with E-state index in [0.717, 1.165) is 10.8 Å². The van der Waals surface area contributed by atoms with Crippen molar-refractivity contribution in [1.29, 1.82) is 0 Å². The molecule has 2 rings (SSSR count). The Morgan fingerprint density at radius 2 is 1.94 bits per heavy atom. The van der Waals surface area contributed by atoms with E-state index in [1.165, 1.54) is 7.05 Å². The third-order valence-corrected chi connectivity index (χ3v) is 2.29. The average molecular weight is 246 g/mol. The number of hydrogen-bond acceptors (Lipinski definition) is 4. The van der Waals surface area contributed by atoms with E-state index in [-0.39, 0.29) is 16.0 Å². The van der Waals surface area contributed by atoms with E-state index in [2.05, 4.69) is 0 Å². The minimum atomic E-state index is -0.516. The van der Waals surface area contributed by atoms with Gasteiger partial charge in [0, 0.05) is 13.1 Å². The van der Waals surface area contributed by atoms with Crippen LogP contribution in [0.2, 0.25) is 5.02 Å². The first-order chi connectivity index (χ1) is 7.52. The molecule has 0 amide bonds. The smallest absolute Gasteiger partial charge is 0.291 e. The monoisotopic (exact) mass is 245 g/mol. The zero-order valence-corrected chi connectivity index (χ0v) is 9.87. The summed E-state index contributed by atoms with van der Waals surface area (Å²) in [5, 5.41) is 18.3.